The van der Waals surface area contributed by atoms with E-state index in [1.54, 1.807) is 25.3 Å². The van der Waals surface area contributed by atoms with Crippen LogP contribution in [0.25, 0.3) is 0 Å². The molecule has 0 fully saturated rings. The number of Topliss-reactive ketones (excluding diaryl/α,β-unsaturated/α-hetero) is 1. The van der Waals surface area contributed by atoms with E-state index in [9.17, 15) is 14.4 Å². The number of hydrogen-bond acceptors (Lipinski definition) is 6. The number of aromatic nitrogens is 2. The lowest BCUT2D eigenvalue weighted by atomic mass is 9.99. The highest BCUT2D eigenvalue weighted by Gasteiger charge is 2.24. The third kappa shape index (κ3) is 5.50. The van der Waals surface area contributed by atoms with Crippen LogP contribution in [0.3, 0.4) is 0 Å². The standard InChI is InChI=1S/C26H24Cl2N4O4/c1-14(2)19-10-17(31-32(26(19)35)13-15-4-6-18(36-3)7-5-15)11-20-21(27)8-16(9-22(20)28)25-23(33)12-24(34)29-30-25/h4-10,14H,11-13H2,1-3H3,(H,29,34). The van der Waals surface area contributed by atoms with E-state index in [4.69, 9.17) is 27.9 Å². The first-order valence-electron chi connectivity index (χ1n) is 11.3. The molecule has 3 aromatic rings. The molecule has 0 bridgehead atoms. The van der Waals surface area contributed by atoms with E-state index in [1.807, 2.05) is 38.1 Å². The van der Waals surface area contributed by atoms with E-state index < -0.39 is 11.7 Å². The molecule has 2 heterocycles. The molecule has 1 aromatic heterocycles. The minimum atomic E-state index is -0.464. The molecule has 1 amide bonds. The number of methoxy groups -OCH3 is 1. The number of hydrazone groups is 1. The molecule has 0 spiro atoms. The molecule has 10 heteroatoms. The molecule has 0 radical (unpaired) electrons. The molecule has 0 atom stereocenters. The molecule has 0 unspecified atom stereocenters. The Morgan fingerprint density at radius 3 is 2.31 bits per heavy atom. The number of nitrogens with one attached hydrogen (secondary N) is 1. The van der Waals surface area contributed by atoms with Gasteiger partial charge in [0, 0.05) is 27.6 Å². The first kappa shape index (κ1) is 25.6. The molecule has 4 rings (SSSR count). The smallest absolute Gasteiger partial charge is 0.270 e. The summed E-state index contributed by atoms with van der Waals surface area (Å²) in [5.41, 5.74) is 5.42. The Morgan fingerprint density at radius 2 is 1.72 bits per heavy atom. The average molecular weight is 527 g/mol. The molecule has 0 saturated carbocycles. The lowest BCUT2D eigenvalue weighted by molar-refractivity contribution is -0.126. The number of benzene rings is 2. The monoisotopic (exact) mass is 526 g/mol. The summed E-state index contributed by atoms with van der Waals surface area (Å²) in [4.78, 5) is 36.7. The summed E-state index contributed by atoms with van der Waals surface area (Å²) in [5, 5.41) is 9.10. The molecule has 1 aliphatic heterocycles. The van der Waals surface area contributed by atoms with Crippen molar-refractivity contribution in [2.24, 2.45) is 5.10 Å². The van der Waals surface area contributed by atoms with Crippen molar-refractivity contribution >= 4 is 40.6 Å². The molecule has 36 heavy (non-hydrogen) atoms. The van der Waals surface area contributed by atoms with Gasteiger partial charge in [0.2, 0.25) is 5.91 Å². The summed E-state index contributed by atoms with van der Waals surface area (Å²) in [6.07, 6.45) is -0.00875. The van der Waals surface area contributed by atoms with Crippen LogP contribution in [0.5, 0.6) is 5.75 Å². The Labute approximate surface area is 217 Å². The van der Waals surface area contributed by atoms with Crippen molar-refractivity contribution in [3.63, 3.8) is 0 Å². The number of carbonyl (C=O) groups excluding carboxylic acids is 2. The second-order valence-electron chi connectivity index (χ2n) is 8.75. The predicted octanol–water partition coefficient (Wildman–Crippen LogP) is 4.11. The van der Waals surface area contributed by atoms with Gasteiger partial charge in [-0.2, -0.15) is 10.2 Å². The number of rotatable bonds is 7. The van der Waals surface area contributed by atoms with Crippen LogP contribution in [0.4, 0.5) is 0 Å². The fraction of sp³-hybridized carbons (Fsp3) is 0.269. The highest BCUT2D eigenvalue weighted by molar-refractivity contribution is 6.50. The molecule has 1 aliphatic rings. The summed E-state index contributed by atoms with van der Waals surface area (Å²) in [5.74, 6) is -0.159. The first-order valence-corrected chi connectivity index (χ1v) is 12.0. The number of amides is 1. The fourth-order valence-electron chi connectivity index (χ4n) is 3.90. The van der Waals surface area contributed by atoms with Crippen LogP contribution in [-0.2, 0) is 22.6 Å². The Kier molecular flexibility index (Phi) is 7.56. The molecular weight excluding hydrogens is 503 g/mol. The Hall–Kier alpha value is -3.49. The average Bonchev–Trinajstić information content (AvgIpc) is 2.83. The Morgan fingerprint density at radius 1 is 1.06 bits per heavy atom. The molecule has 0 saturated heterocycles. The van der Waals surface area contributed by atoms with Crippen LogP contribution in [0, 0.1) is 0 Å². The minimum Gasteiger partial charge on any atom is -0.497 e. The van der Waals surface area contributed by atoms with Gasteiger partial charge in [0.25, 0.3) is 5.56 Å². The largest absolute Gasteiger partial charge is 0.497 e. The van der Waals surface area contributed by atoms with Crippen LogP contribution in [0.15, 0.2) is 52.4 Å². The van der Waals surface area contributed by atoms with Crippen LogP contribution < -0.4 is 15.7 Å². The molecule has 0 aliphatic carbocycles. The van der Waals surface area contributed by atoms with Crippen LogP contribution in [0.1, 0.15) is 54.1 Å². The summed E-state index contributed by atoms with van der Waals surface area (Å²) in [7, 11) is 1.60. The van der Waals surface area contributed by atoms with E-state index in [-0.39, 0.29) is 30.0 Å². The lowest BCUT2D eigenvalue weighted by Crippen LogP contribution is -2.33. The lowest BCUT2D eigenvalue weighted by Gasteiger charge is -2.16. The van der Waals surface area contributed by atoms with Crippen LogP contribution >= 0.6 is 23.2 Å². The second kappa shape index (κ2) is 10.6. The fourth-order valence-corrected chi connectivity index (χ4v) is 4.52. The van der Waals surface area contributed by atoms with Crippen molar-refractivity contribution in [1.82, 2.24) is 15.2 Å². The van der Waals surface area contributed by atoms with Crippen molar-refractivity contribution in [3.8, 4) is 5.75 Å². The number of hydrogen-bond donors (Lipinski definition) is 1. The van der Waals surface area contributed by atoms with Crippen molar-refractivity contribution in [3.05, 3.63) is 90.8 Å². The van der Waals surface area contributed by atoms with Gasteiger partial charge in [-0.15, -0.1) is 0 Å². The van der Waals surface area contributed by atoms with Crippen LogP contribution in [-0.4, -0.2) is 34.3 Å². The summed E-state index contributed by atoms with van der Waals surface area (Å²) in [6.45, 7) is 4.20. The quantitative estimate of drug-likeness (QED) is 0.466. The maximum Gasteiger partial charge on any atom is 0.270 e. The summed E-state index contributed by atoms with van der Waals surface area (Å²) >= 11 is 13.1. The number of halogens is 2. The normalized spacial score (nSPS) is 13.6. The molecule has 2 aromatic carbocycles. The van der Waals surface area contributed by atoms with Gasteiger partial charge in [0.1, 0.15) is 11.5 Å². The van der Waals surface area contributed by atoms with E-state index >= 15 is 0 Å². The number of ketones is 1. The Bertz CT molecular complexity index is 1410. The van der Waals surface area contributed by atoms with Crippen molar-refractivity contribution in [2.75, 3.05) is 7.11 Å². The van der Waals surface area contributed by atoms with Gasteiger partial charge in [-0.1, -0.05) is 49.2 Å². The second-order valence-corrected chi connectivity index (χ2v) is 9.56. The van der Waals surface area contributed by atoms with Gasteiger partial charge in [0.15, 0.2) is 5.78 Å². The van der Waals surface area contributed by atoms with Crippen LogP contribution in [0.2, 0.25) is 10.0 Å². The summed E-state index contributed by atoms with van der Waals surface area (Å²) < 4.78 is 6.65. The molecule has 8 nitrogen and oxygen atoms in total. The van der Waals surface area contributed by atoms with Gasteiger partial charge in [-0.25, -0.2) is 10.1 Å². The van der Waals surface area contributed by atoms with Gasteiger partial charge in [0.05, 0.1) is 25.8 Å². The van der Waals surface area contributed by atoms with Gasteiger partial charge >= 0.3 is 0 Å². The third-order valence-corrected chi connectivity index (χ3v) is 6.49. The van der Waals surface area contributed by atoms with E-state index in [0.29, 0.717) is 39.0 Å². The SMILES string of the molecule is COc1ccc(Cn2nc(Cc3c(Cl)cc(C4=NNC(=O)CC4=O)cc3Cl)cc(C(C)C)c2=O)cc1. The van der Waals surface area contributed by atoms with Crippen molar-refractivity contribution in [1.29, 1.82) is 0 Å². The first-order chi connectivity index (χ1) is 17.2. The van der Waals surface area contributed by atoms with E-state index in [2.05, 4.69) is 15.6 Å². The summed E-state index contributed by atoms with van der Waals surface area (Å²) in [6, 6.07) is 12.4. The minimum absolute atomic E-state index is 0.0137. The third-order valence-electron chi connectivity index (χ3n) is 5.82. The zero-order valence-corrected chi connectivity index (χ0v) is 21.5. The molecule has 186 valence electrons. The van der Waals surface area contributed by atoms with Crippen molar-refractivity contribution in [2.45, 2.75) is 39.2 Å². The topological polar surface area (TPSA) is 103 Å². The highest BCUT2D eigenvalue weighted by atomic mass is 35.5. The van der Waals surface area contributed by atoms with Crippen molar-refractivity contribution < 1.29 is 14.3 Å². The maximum absolute atomic E-state index is 13.1. The van der Waals surface area contributed by atoms with Gasteiger partial charge in [-0.05, 0) is 47.4 Å². The predicted molar refractivity (Wildman–Crippen MR) is 138 cm³/mol. The van der Waals surface area contributed by atoms with Gasteiger partial charge in [-0.3, -0.25) is 14.4 Å². The van der Waals surface area contributed by atoms with Gasteiger partial charge < -0.3 is 4.74 Å². The zero-order chi connectivity index (χ0) is 26.0. The number of ether oxygens (including phenoxy) is 1. The number of nitrogens with zero attached hydrogens (tertiary/aromatic N) is 3. The number of carbonyl (C=O) groups is 2. The molecular formula is C26H24Cl2N4O4. The molecule has 1 N–H and O–H groups in total. The zero-order valence-electron chi connectivity index (χ0n) is 20.0. The van der Waals surface area contributed by atoms with E-state index in [1.165, 1.54) is 4.68 Å². The van der Waals surface area contributed by atoms with E-state index in [0.717, 1.165) is 11.3 Å². The maximum atomic E-state index is 13.1. The Balaban J connectivity index is 1.68. The highest BCUT2D eigenvalue weighted by Crippen LogP contribution is 2.30.